The zero-order valence-electron chi connectivity index (χ0n) is 16.9. The van der Waals surface area contributed by atoms with Crippen LogP contribution in [-0.4, -0.2) is 23.7 Å². The van der Waals surface area contributed by atoms with Gasteiger partial charge in [-0.1, -0.05) is 55.3 Å². The fraction of sp³-hybridized carbons (Fsp3) is 0.304. The molecule has 0 radical (unpaired) electrons. The van der Waals surface area contributed by atoms with Crippen LogP contribution in [0.1, 0.15) is 37.5 Å². The van der Waals surface area contributed by atoms with Crippen molar-refractivity contribution < 1.29 is 19.1 Å². The standard InChI is InChI=1S/C23H24ClNO5/c1-3-7-16-10-22(27)30-20-12-21(18(24)11-17(16)20)29-14(2)23(28)25-13-19(26)15-8-5-4-6-9-15/h4-6,8-12,14,19,26H,3,7,13H2,1-2H3,(H,25,28). The third kappa shape index (κ3) is 5.20. The summed E-state index contributed by atoms with van der Waals surface area (Å²) in [6, 6.07) is 13.7. The Hall–Kier alpha value is -2.83. The van der Waals surface area contributed by atoms with Gasteiger partial charge in [-0.15, -0.1) is 0 Å². The quantitative estimate of drug-likeness (QED) is 0.528. The van der Waals surface area contributed by atoms with Gasteiger partial charge in [-0.3, -0.25) is 4.79 Å². The highest BCUT2D eigenvalue weighted by atomic mass is 35.5. The molecule has 2 N–H and O–H groups in total. The van der Waals surface area contributed by atoms with Crippen molar-refractivity contribution in [3.8, 4) is 5.75 Å². The van der Waals surface area contributed by atoms with Crippen LogP contribution < -0.4 is 15.7 Å². The minimum atomic E-state index is -0.867. The number of amides is 1. The van der Waals surface area contributed by atoms with Gasteiger partial charge in [0, 0.05) is 24.1 Å². The average molecular weight is 430 g/mol. The number of benzene rings is 2. The lowest BCUT2D eigenvalue weighted by atomic mass is 10.1. The van der Waals surface area contributed by atoms with Gasteiger partial charge in [0.25, 0.3) is 5.91 Å². The molecule has 2 aromatic carbocycles. The number of hydrogen-bond acceptors (Lipinski definition) is 5. The maximum Gasteiger partial charge on any atom is 0.336 e. The van der Waals surface area contributed by atoms with Crippen molar-refractivity contribution >= 4 is 28.5 Å². The van der Waals surface area contributed by atoms with E-state index >= 15 is 0 Å². The van der Waals surface area contributed by atoms with Crippen molar-refractivity contribution in [2.45, 2.75) is 38.9 Å². The molecule has 3 aromatic rings. The predicted molar refractivity (Wildman–Crippen MR) is 116 cm³/mol. The van der Waals surface area contributed by atoms with E-state index in [2.05, 4.69) is 5.32 Å². The molecule has 0 bridgehead atoms. The Bertz CT molecular complexity index is 1080. The summed E-state index contributed by atoms with van der Waals surface area (Å²) in [5, 5.41) is 13.9. The second kappa shape index (κ2) is 9.78. The first-order chi connectivity index (χ1) is 14.4. The number of aliphatic hydroxyl groups is 1. The van der Waals surface area contributed by atoms with Gasteiger partial charge in [-0.2, -0.15) is 0 Å². The maximum absolute atomic E-state index is 12.4. The highest BCUT2D eigenvalue weighted by Gasteiger charge is 2.19. The molecular formula is C23H24ClNO5. The number of nitrogens with one attached hydrogen (secondary N) is 1. The summed E-state index contributed by atoms with van der Waals surface area (Å²) in [6.45, 7) is 3.65. The molecule has 0 spiro atoms. The minimum Gasteiger partial charge on any atom is -0.479 e. The third-order valence-electron chi connectivity index (χ3n) is 4.73. The van der Waals surface area contributed by atoms with Gasteiger partial charge in [0.15, 0.2) is 6.10 Å². The van der Waals surface area contributed by atoms with Crippen LogP contribution >= 0.6 is 11.6 Å². The van der Waals surface area contributed by atoms with Gasteiger partial charge in [-0.05, 0) is 30.5 Å². The van der Waals surface area contributed by atoms with E-state index in [4.69, 9.17) is 20.8 Å². The van der Waals surface area contributed by atoms with E-state index in [1.54, 1.807) is 25.1 Å². The largest absolute Gasteiger partial charge is 0.479 e. The number of rotatable bonds is 8. The molecule has 6 nitrogen and oxygen atoms in total. The van der Waals surface area contributed by atoms with Gasteiger partial charge in [0.2, 0.25) is 0 Å². The van der Waals surface area contributed by atoms with E-state index < -0.39 is 23.7 Å². The maximum atomic E-state index is 12.4. The lowest BCUT2D eigenvalue weighted by molar-refractivity contribution is -0.127. The number of fused-ring (bicyclic) bond motifs is 1. The van der Waals surface area contributed by atoms with Crippen LogP contribution in [0.5, 0.6) is 5.75 Å². The molecule has 0 aliphatic rings. The van der Waals surface area contributed by atoms with Crippen molar-refractivity contribution in [3.63, 3.8) is 0 Å². The molecule has 2 unspecified atom stereocenters. The Labute approximate surface area is 179 Å². The monoisotopic (exact) mass is 429 g/mol. The second-order valence-electron chi connectivity index (χ2n) is 7.05. The molecule has 30 heavy (non-hydrogen) atoms. The summed E-state index contributed by atoms with van der Waals surface area (Å²) in [5.41, 5.74) is 1.48. The minimum absolute atomic E-state index is 0.0528. The molecule has 0 saturated carbocycles. The number of hydrogen-bond donors (Lipinski definition) is 2. The van der Waals surface area contributed by atoms with Crippen LogP contribution in [0.15, 0.2) is 57.7 Å². The number of halogens is 1. The first-order valence-electron chi connectivity index (χ1n) is 9.82. The highest BCUT2D eigenvalue weighted by Crippen LogP contribution is 2.32. The molecule has 0 saturated heterocycles. The van der Waals surface area contributed by atoms with Crippen molar-refractivity contribution in [2.24, 2.45) is 0 Å². The van der Waals surface area contributed by atoms with E-state index in [0.29, 0.717) is 16.2 Å². The Morgan fingerprint density at radius 1 is 1.23 bits per heavy atom. The number of aliphatic hydroxyl groups excluding tert-OH is 1. The lowest BCUT2D eigenvalue weighted by Gasteiger charge is -2.18. The van der Waals surface area contributed by atoms with E-state index in [9.17, 15) is 14.7 Å². The summed E-state index contributed by atoms with van der Waals surface area (Å²) in [7, 11) is 0. The summed E-state index contributed by atoms with van der Waals surface area (Å²) in [4.78, 5) is 24.2. The van der Waals surface area contributed by atoms with Crippen LogP contribution in [0.4, 0.5) is 0 Å². The van der Waals surface area contributed by atoms with Crippen LogP contribution in [0.25, 0.3) is 11.0 Å². The molecule has 0 fully saturated rings. The Morgan fingerprint density at radius 2 is 1.97 bits per heavy atom. The van der Waals surface area contributed by atoms with Crippen LogP contribution in [0.3, 0.4) is 0 Å². The molecule has 0 aliphatic heterocycles. The van der Waals surface area contributed by atoms with Crippen molar-refractivity contribution in [2.75, 3.05) is 6.54 Å². The first kappa shape index (κ1) is 21.9. The topological polar surface area (TPSA) is 88.8 Å². The van der Waals surface area contributed by atoms with Crippen LogP contribution in [-0.2, 0) is 11.2 Å². The molecule has 3 rings (SSSR count). The fourth-order valence-corrected chi connectivity index (χ4v) is 3.38. The van der Waals surface area contributed by atoms with E-state index in [0.717, 1.165) is 23.8 Å². The number of carbonyl (C=O) groups excluding carboxylic acids is 1. The van der Waals surface area contributed by atoms with Crippen molar-refractivity contribution in [1.82, 2.24) is 5.32 Å². The van der Waals surface area contributed by atoms with E-state index in [-0.39, 0.29) is 12.3 Å². The molecule has 2 atom stereocenters. The van der Waals surface area contributed by atoms with Crippen molar-refractivity contribution in [3.05, 3.63) is 75.1 Å². The number of ether oxygens (including phenoxy) is 1. The Balaban J connectivity index is 1.71. The van der Waals surface area contributed by atoms with Crippen LogP contribution in [0, 0.1) is 0 Å². The summed E-state index contributed by atoms with van der Waals surface area (Å²) in [5.74, 6) is -0.158. The molecule has 1 amide bonds. The summed E-state index contributed by atoms with van der Waals surface area (Å²) in [6.07, 6.45) is -0.0897. The first-order valence-corrected chi connectivity index (χ1v) is 10.2. The van der Waals surface area contributed by atoms with E-state index in [1.165, 1.54) is 12.1 Å². The van der Waals surface area contributed by atoms with Gasteiger partial charge < -0.3 is 19.6 Å². The van der Waals surface area contributed by atoms with Gasteiger partial charge in [0.1, 0.15) is 11.3 Å². The molecule has 1 aromatic heterocycles. The third-order valence-corrected chi connectivity index (χ3v) is 5.02. The number of aryl methyl sites for hydroxylation is 1. The lowest BCUT2D eigenvalue weighted by Crippen LogP contribution is -2.38. The average Bonchev–Trinajstić information content (AvgIpc) is 2.73. The normalized spacial score (nSPS) is 13.1. The SMILES string of the molecule is CCCc1cc(=O)oc2cc(OC(C)C(=O)NCC(O)c3ccccc3)c(Cl)cc12. The molecular weight excluding hydrogens is 406 g/mol. The predicted octanol–water partition coefficient (Wildman–Crippen LogP) is 4.02. The Kier molecular flexibility index (Phi) is 7.13. The molecule has 158 valence electrons. The zero-order valence-corrected chi connectivity index (χ0v) is 17.6. The van der Waals surface area contributed by atoms with Crippen LogP contribution in [0.2, 0.25) is 5.02 Å². The fourth-order valence-electron chi connectivity index (χ4n) is 3.17. The van der Waals surface area contributed by atoms with Gasteiger partial charge >= 0.3 is 5.63 Å². The number of carbonyl (C=O) groups is 1. The smallest absolute Gasteiger partial charge is 0.336 e. The molecule has 0 aliphatic carbocycles. The summed E-state index contributed by atoms with van der Waals surface area (Å²) >= 11 is 6.35. The van der Waals surface area contributed by atoms with Gasteiger partial charge in [0.05, 0.1) is 11.1 Å². The highest BCUT2D eigenvalue weighted by molar-refractivity contribution is 6.32. The zero-order chi connectivity index (χ0) is 21.7. The molecule has 1 heterocycles. The molecule has 7 heteroatoms. The Morgan fingerprint density at radius 3 is 2.67 bits per heavy atom. The van der Waals surface area contributed by atoms with E-state index in [1.807, 2.05) is 25.1 Å². The second-order valence-corrected chi connectivity index (χ2v) is 7.46. The van der Waals surface area contributed by atoms with Crippen molar-refractivity contribution in [1.29, 1.82) is 0 Å². The van der Waals surface area contributed by atoms with Gasteiger partial charge in [-0.25, -0.2) is 4.79 Å². The summed E-state index contributed by atoms with van der Waals surface area (Å²) < 4.78 is 11.0.